The summed E-state index contributed by atoms with van der Waals surface area (Å²) in [6.45, 7) is 15.6. The predicted molar refractivity (Wildman–Crippen MR) is 162 cm³/mol. The van der Waals surface area contributed by atoms with Crippen LogP contribution in [0.3, 0.4) is 0 Å². The lowest BCUT2D eigenvalue weighted by molar-refractivity contribution is 0.247. The average Bonchev–Trinajstić information content (AvgIpc) is 3.29. The number of aromatic hydroxyl groups is 1. The molecule has 1 fully saturated rings. The molecule has 1 aliphatic rings. The van der Waals surface area contributed by atoms with Gasteiger partial charge in [0.15, 0.2) is 0 Å². The Bertz CT molecular complexity index is 1240. The van der Waals surface area contributed by atoms with E-state index < -0.39 is 0 Å². The van der Waals surface area contributed by atoms with E-state index in [1.807, 2.05) is 24.3 Å². The van der Waals surface area contributed by atoms with Gasteiger partial charge in [0.2, 0.25) is 0 Å². The standard InChI is InChI=1S/C34H45N3O2/c1-33(2,3)28-20-25(21-29(31(28)38)34(4,5)6)16-17-26-14-10-11-15-30(26)36-32(39)35-27-18-19-37(23-27)22-24-12-8-7-9-13-24/h7-15,20-21,27,38H,16-19,22-23H2,1-6H3,(H2,35,36,39). The Morgan fingerprint density at radius 3 is 2.13 bits per heavy atom. The number of hydrogen-bond donors (Lipinski definition) is 3. The van der Waals surface area contributed by atoms with Crippen LogP contribution in [0, 0.1) is 0 Å². The number of para-hydroxylation sites is 1. The molecule has 208 valence electrons. The Morgan fingerprint density at radius 1 is 0.872 bits per heavy atom. The molecule has 0 bridgehead atoms. The molecule has 2 amide bonds. The zero-order chi connectivity index (χ0) is 28.2. The van der Waals surface area contributed by atoms with Gasteiger partial charge in [0.25, 0.3) is 0 Å². The molecule has 1 atom stereocenters. The van der Waals surface area contributed by atoms with Crippen LogP contribution in [0.5, 0.6) is 5.75 Å². The zero-order valence-electron chi connectivity index (χ0n) is 24.5. The van der Waals surface area contributed by atoms with Crippen LogP contribution >= 0.6 is 0 Å². The largest absolute Gasteiger partial charge is 0.507 e. The van der Waals surface area contributed by atoms with Crippen molar-refractivity contribution in [3.63, 3.8) is 0 Å². The average molecular weight is 528 g/mol. The first-order valence-electron chi connectivity index (χ1n) is 14.2. The highest BCUT2D eigenvalue weighted by molar-refractivity contribution is 5.90. The Kier molecular flexibility index (Phi) is 8.70. The molecule has 1 aliphatic heterocycles. The van der Waals surface area contributed by atoms with Gasteiger partial charge in [-0.2, -0.15) is 0 Å². The molecular weight excluding hydrogens is 482 g/mol. The maximum Gasteiger partial charge on any atom is 0.319 e. The number of phenolic OH excluding ortho intramolecular Hbond substituents is 1. The fraction of sp³-hybridized carbons (Fsp3) is 0.441. The lowest BCUT2D eigenvalue weighted by Gasteiger charge is -2.28. The second-order valence-corrected chi connectivity index (χ2v) is 13.0. The van der Waals surface area contributed by atoms with Crippen molar-refractivity contribution < 1.29 is 9.90 Å². The number of anilines is 1. The van der Waals surface area contributed by atoms with Crippen molar-refractivity contribution in [3.05, 3.63) is 94.5 Å². The molecule has 1 saturated heterocycles. The number of carbonyl (C=O) groups excluding carboxylic acids is 1. The summed E-state index contributed by atoms with van der Waals surface area (Å²) in [5, 5.41) is 17.4. The van der Waals surface area contributed by atoms with Crippen LogP contribution in [-0.4, -0.2) is 35.2 Å². The van der Waals surface area contributed by atoms with E-state index in [4.69, 9.17) is 0 Å². The van der Waals surface area contributed by atoms with E-state index in [9.17, 15) is 9.90 Å². The molecule has 39 heavy (non-hydrogen) atoms. The van der Waals surface area contributed by atoms with Crippen molar-refractivity contribution in [1.29, 1.82) is 0 Å². The molecule has 4 rings (SSSR count). The lowest BCUT2D eigenvalue weighted by atomic mass is 9.78. The Balaban J connectivity index is 1.39. The summed E-state index contributed by atoms with van der Waals surface area (Å²) < 4.78 is 0. The van der Waals surface area contributed by atoms with Crippen LogP contribution < -0.4 is 10.6 Å². The molecule has 5 heteroatoms. The van der Waals surface area contributed by atoms with Gasteiger partial charge in [0.1, 0.15) is 5.75 Å². The Morgan fingerprint density at radius 2 is 1.49 bits per heavy atom. The first-order chi connectivity index (χ1) is 18.4. The van der Waals surface area contributed by atoms with Crippen LogP contribution in [0.2, 0.25) is 0 Å². The van der Waals surface area contributed by atoms with Crippen molar-refractivity contribution in [2.75, 3.05) is 18.4 Å². The molecule has 0 radical (unpaired) electrons. The topological polar surface area (TPSA) is 64.6 Å². The lowest BCUT2D eigenvalue weighted by Crippen LogP contribution is -2.39. The first kappa shape index (κ1) is 28.7. The number of carbonyl (C=O) groups is 1. The van der Waals surface area contributed by atoms with Gasteiger partial charge in [-0.1, -0.05) is 102 Å². The van der Waals surface area contributed by atoms with E-state index in [2.05, 4.69) is 99.5 Å². The zero-order valence-corrected chi connectivity index (χ0v) is 24.5. The van der Waals surface area contributed by atoms with Gasteiger partial charge in [-0.25, -0.2) is 4.79 Å². The number of urea groups is 1. The van der Waals surface area contributed by atoms with Crippen molar-refractivity contribution >= 4 is 11.7 Å². The van der Waals surface area contributed by atoms with E-state index >= 15 is 0 Å². The number of hydrogen-bond acceptors (Lipinski definition) is 3. The van der Waals surface area contributed by atoms with Crippen LogP contribution in [0.15, 0.2) is 66.7 Å². The molecule has 5 nitrogen and oxygen atoms in total. The second-order valence-electron chi connectivity index (χ2n) is 13.0. The van der Waals surface area contributed by atoms with Crippen molar-refractivity contribution in [2.45, 2.75) is 84.2 Å². The highest BCUT2D eigenvalue weighted by Crippen LogP contribution is 2.40. The SMILES string of the molecule is CC(C)(C)c1cc(CCc2ccccc2NC(=O)NC2CCN(Cc3ccccc3)C2)cc(C(C)(C)C)c1O. The summed E-state index contributed by atoms with van der Waals surface area (Å²) in [5.74, 6) is 0.409. The summed E-state index contributed by atoms with van der Waals surface area (Å²) in [7, 11) is 0. The van der Waals surface area contributed by atoms with Gasteiger partial charge in [-0.15, -0.1) is 0 Å². The number of benzene rings is 3. The number of rotatable bonds is 7. The maximum absolute atomic E-state index is 12.9. The van der Waals surface area contributed by atoms with Crippen molar-refractivity contribution in [1.82, 2.24) is 10.2 Å². The third-order valence-electron chi connectivity index (χ3n) is 7.59. The van der Waals surface area contributed by atoms with Gasteiger partial charge in [-0.05, 0) is 64.0 Å². The minimum Gasteiger partial charge on any atom is -0.507 e. The maximum atomic E-state index is 12.9. The first-order valence-corrected chi connectivity index (χ1v) is 14.2. The summed E-state index contributed by atoms with van der Waals surface area (Å²) in [6, 6.07) is 22.8. The monoisotopic (exact) mass is 527 g/mol. The number of nitrogens with one attached hydrogen (secondary N) is 2. The minimum atomic E-state index is -0.158. The van der Waals surface area contributed by atoms with Gasteiger partial charge in [0.05, 0.1) is 0 Å². The summed E-state index contributed by atoms with van der Waals surface area (Å²) in [5.41, 5.74) is 6.10. The van der Waals surface area contributed by atoms with E-state index in [0.717, 1.165) is 61.3 Å². The molecule has 1 heterocycles. The van der Waals surface area contributed by atoms with Gasteiger partial charge >= 0.3 is 6.03 Å². The molecule has 0 aliphatic carbocycles. The van der Waals surface area contributed by atoms with E-state index in [-0.39, 0.29) is 22.9 Å². The molecule has 0 aromatic heterocycles. The number of amides is 2. The summed E-state index contributed by atoms with van der Waals surface area (Å²) in [6.07, 6.45) is 2.57. The molecule has 3 N–H and O–H groups in total. The van der Waals surface area contributed by atoms with Crippen LogP contribution in [0.4, 0.5) is 10.5 Å². The number of aryl methyl sites for hydroxylation is 2. The van der Waals surface area contributed by atoms with Gasteiger partial charge in [-0.3, -0.25) is 4.90 Å². The van der Waals surface area contributed by atoms with Crippen LogP contribution in [-0.2, 0) is 30.2 Å². The Hall–Kier alpha value is -3.31. The normalized spacial score (nSPS) is 16.3. The highest BCUT2D eigenvalue weighted by Gasteiger charge is 2.27. The Labute approximate surface area is 234 Å². The molecule has 3 aromatic carbocycles. The third-order valence-corrected chi connectivity index (χ3v) is 7.59. The molecule has 3 aromatic rings. The summed E-state index contributed by atoms with van der Waals surface area (Å²) >= 11 is 0. The van der Waals surface area contributed by atoms with Crippen molar-refractivity contribution in [2.24, 2.45) is 0 Å². The summed E-state index contributed by atoms with van der Waals surface area (Å²) in [4.78, 5) is 15.3. The highest BCUT2D eigenvalue weighted by atomic mass is 16.3. The van der Waals surface area contributed by atoms with E-state index in [1.54, 1.807) is 0 Å². The third kappa shape index (κ3) is 7.63. The van der Waals surface area contributed by atoms with Crippen LogP contribution in [0.1, 0.15) is 75.8 Å². The number of nitrogens with zero attached hydrogens (tertiary/aromatic N) is 1. The molecule has 0 spiro atoms. The fourth-order valence-corrected chi connectivity index (χ4v) is 5.40. The number of phenols is 1. The van der Waals surface area contributed by atoms with E-state index in [0.29, 0.717) is 5.75 Å². The predicted octanol–water partition coefficient (Wildman–Crippen LogP) is 7.17. The second kappa shape index (κ2) is 11.8. The molecule has 1 unspecified atom stereocenters. The van der Waals surface area contributed by atoms with E-state index in [1.165, 1.54) is 11.1 Å². The van der Waals surface area contributed by atoms with Crippen molar-refractivity contribution in [3.8, 4) is 5.75 Å². The van der Waals surface area contributed by atoms with Crippen LogP contribution in [0.25, 0.3) is 0 Å². The van der Waals surface area contributed by atoms with Gasteiger partial charge < -0.3 is 15.7 Å². The fourth-order valence-electron chi connectivity index (χ4n) is 5.40. The smallest absolute Gasteiger partial charge is 0.319 e. The molecular formula is C34H45N3O2. The quantitative estimate of drug-likeness (QED) is 0.305. The van der Waals surface area contributed by atoms with Gasteiger partial charge in [0, 0.05) is 31.4 Å². The minimum absolute atomic E-state index is 0.143. The molecule has 0 saturated carbocycles. The number of likely N-dealkylation sites (tertiary alicyclic amines) is 1.